The molecule has 1 aromatic carbocycles. The number of hydrogen-bond acceptors (Lipinski definition) is 2. The zero-order chi connectivity index (χ0) is 11.0. The molecule has 16 heavy (non-hydrogen) atoms. The fourth-order valence-electron chi connectivity index (χ4n) is 3.31. The van der Waals surface area contributed by atoms with Crippen LogP contribution in [0.2, 0.25) is 0 Å². The average molecular weight is 215 g/mol. The summed E-state index contributed by atoms with van der Waals surface area (Å²) in [7, 11) is 0. The fraction of sp³-hybridized carbons (Fsp3) is 0.500. The van der Waals surface area contributed by atoms with E-state index in [0.717, 1.165) is 11.8 Å². The lowest BCUT2D eigenvalue weighted by Crippen LogP contribution is -2.50. The van der Waals surface area contributed by atoms with Crippen LogP contribution >= 0.6 is 0 Å². The Morgan fingerprint density at radius 3 is 2.31 bits per heavy atom. The van der Waals surface area contributed by atoms with Crippen molar-refractivity contribution in [2.75, 3.05) is 19.6 Å². The van der Waals surface area contributed by atoms with Crippen molar-refractivity contribution in [2.24, 2.45) is 0 Å². The van der Waals surface area contributed by atoms with E-state index in [4.69, 9.17) is 0 Å². The maximum Gasteiger partial charge on any atom is 0.150 e. The molecule has 84 valence electrons. The van der Waals surface area contributed by atoms with Crippen LogP contribution in [0, 0.1) is 0 Å². The van der Waals surface area contributed by atoms with Gasteiger partial charge in [0.2, 0.25) is 0 Å². The van der Waals surface area contributed by atoms with Crippen LogP contribution in [0.3, 0.4) is 0 Å². The number of benzene rings is 1. The predicted octanol–water partition coefficient (Wildman–Crippen LogP) is 2.24. The minimum absolute atomic E-state index is 0.298. The van der Waals surface area contributed by atoms with E-state index in [0.29, 0.717) is 5.41 Å². The normalized spacial score (nSPS) is 32.6. The van der Waals surface area contributed by atoms with Gasteiger partial charge in [-0.2, -0.15) is 0 Å². The third kappa shape index (κ3) is 1.40. The Morgan fingerprint density at radius 2 is 1.69 bits per heavy atom. The van der Waals surface area contributed by atoms with E-state index >= 15 is 0 Å². The molecule has 3 aliphatic rings. The SMILES string of the molecule is O=Cc1ccccc1C12CCN(CC1)CC2. The molecule has 2 heteroatoms. The van der Waals surface area contributed by atoms with Gasteiger partial charge in [0.1, 0.15) is 6.29 Å². The highest BCUT2D eigenvalue weighted by Gasteiger charge is 2.41. The van der Waals surface area contributed by atoms with Crippen molar-refractivity contribution >= 4 is 6.29 Å². The van der Waals surface area contributed by atoms with Gasteiger partial charge in [-0.05, 0) is 49.9 Å². The summed E-state index contributed by atoms with van der Waals surface area (Å²) in [5.74, 6) is 0. The molecule has 0 saturated carbocycles. The summed E-state index contributed by atoms with van der Waals surface area (Å²) in [4.78, 5) is 13.7. The van der Waals surface area contributed by atoms with Gasteiger partial charge >= 0.3 is 0 Å². The lowest BCUT2D eigenvalue weighted by atomic mass is 9.66. The van der Waals surface area contributed by atoms with Gasteiger partial charge in [-0.15, -0.1) is 0 Å². The molecule has 0 aromatic heterocycles. The summed E-state index contributed by atoms with van der Waals surface area (Å²) >= 11 is 0. The maximum absolute atomic E-state index is 11.1. The summed E-state index contributed by atoms with van der Waals surface area (Å²) < 4.78 is 0. The highest BCUT2D eigenvalue weighted by atomic mass is 16.1. The van der Waals surface area contributed by atoms with E-state index in [1.54, 1.807) is 0 Å². The molecule has 2 bridgehead atoms. The number of rotatable bonds is 2. The first-order valence-electron chi connectivity index (χ1n) is 6.11. The molecule has 3 heterocycles. The molecule has 0 atom stereocenters. The standard InChI is InChI=1S/C14H17NO/c16-11-12-3-1-2-4-13(12)14-5-8-15(9-6-14)10-7-14/h1-4,11H,5-10H2. The second kappa shape index (κ2) is 3.70. The van der Waals surface area contributed by atoms with Gasteiger partial charge in [0.25, 0.3) is 0 Å². The number of carbonyl (C=O) groups is 1. The Hall–Kier alpha value is -1.15. The van der Waals surface area contributed by atoms with Crippen molar-refractivity contribution in [2.45, 2.75) is 24.7 Å². The van der Waals surface area contributed by atoms with Gasteiger partial charge in [-0.25, -0.2) is 0 Å². The Kier molecular flexibility index (Phi) is 2.32. The summed E-state index contributed by atoms with van der Waals surface area (Å²) in [6.45, 7) is 3.60. The molecule has 2 nitrogen and oxygen atoms in total. The predicted molar refractivity (Wildman–Crippen MR) is 63.8 cm³/mol. The number of aldehydes is 1. The molecule has 0 N–H and O–H groups in total. The van der Waals surface area contributed by atoms with Crippen molar-refractivity contribution in [3.8, 4) is 0 Å². The lowest BCUT2D eigenvalue weighted by molar-refractivity contribution is 0.0808. The van der Waals surface area contributed by atoms with Gasteiger partial charge in [-0.3, -0.25) is 4.79 Å². The first-order chi connectivity index (χ1) is 7.84. The Balaban J connectivity index is 2.04. The van der Waals surface area contributed by atoms with Crippen LogP contribution in [0.1, 0.15) is 35.2 Å². The van der Waals surface area contributed by atoms with E-state index in [9.17, 15) is 4.79 Å². The van der Waals surface area contributed by atoms with Crippen molar-refractivity contribution in [3.63, 3.8) is 0 Å². The van der Waals surface area contributed by atoms with E-state index in [-0.39, 0.29) is 0 Å². The number of carbonyl (C=O) groups excluding carboxylic acids is 1. The van der Waals surface area contributed by atoms with Crippen molar-refractivity contribution in [1.29, 1.82) is 0 Å². The van der Waals surface area contributed by atoms with Crippen LogP contribution in [0.15, 0.2) is 24.3 Å². The molecule has 4 rings (SSSR count). The highest BCUT2D eigenvalue weighted by Crippen LogP contribution is 2.43. The van der Waals surface area contributed by atoms with E-state index in [1.165, 1.54) is 44.5 Å². The number of hydrogen-bond donors (Lipinski definition) is 0. The zero-order valence-electron chi connectivity index (χ0n) is 9.48. The van der Waals surface area contributed by atoms with E-state index in [1.807, 2.05) is 12.1 Å². The van der Waals surface area contributed by atoms with Gasteiger partial charge < -0.3 is 4.90 Å². The van der Waals surface area contributed by atoms with Crippen LogP contribution in [0.4, 0.5) is 0 Å². The zero-order valence-corrected chi connectivity index (χ0v) is 9.48. The fourth-order valence-corrected chi connectivity index (χ4v) is 3.31. The molecule has 1 aromatic rings. The van der Waals surface area contributed by atoms with Crippen molar-refractivity contribution in [3.05, 3.63) is 35.4 Å². The maximum atomic E-state index is 11.1. The average Bonchev–Trinajstić information content (AvgIpc) is 2.41. The Labute approximate surface area is 96.3 Å². The lowest BCUT2D eigenvalue weighted by Gasteiger charge is -2.49. The number of nitrogens with zero attached hydrogens (tertiary/aromatic N) is 1. The smallest absolute Gasteiger partial charge is 0.150 e. The van der Waals surface area contributed by atoms with Crippen LogP contribution in [-0.2, 0) is 5.41 Å². The minimum atomic E-state index is 0.298. The molecule has 0 aliphatic carbocycles. The molecule has 3 aliphatic heterocycles. The summed E-state index contributed by atoms with van der Waals surface area (Å²) in [6.07, 6.45) is 4.68. The summed E-state index contributed by atoms with van der Waals surface area (Å²) in [5, 5.41) is 0. The highest BCUT2D eigenvalue weighted by molar-refractivity contribution is 5.78. The molecule has 0 spiro atoms. The molecular formula is C14H17NO. The summed E-state index contributed by atoms with van der Waals surface area (Å²) in [6, 6.07) is 8.14. The van der Waals surface area contributed by atoms with Gasteiger partial charge in [0.05, 0.1) is 0 Å². The monoisotopic (exact) mass is 215 g/mol. The third-order valence-corrected chi connectivity index (χ3v) is 4.38. The van der Waals surface area contributed by atoms with Gasteiger partial charge in [0, 0.05) is 5.56 Å². The van der Waals surface area contributed by atoms with Crippen LogP contribution in [-0.4, -0.2) is 30.8 Å². The first kappa shape index (κ1) is 10.0. The van der Waals surface area contributed by atoms with Crippen LogP contribution < -0.4 is 0 Å². The molecule has 0 amide bonds. The van der Waals surface area contributed by atoms with Crippen LogP contribution in [0.25, 0.3) is 0 Å². The molecule has 0 unspecified atom stereocenters. The van der Waals surface area contributed by atoms with Crippen LogP contribution in [0.5, 0.6) is 0 Å². The second-order valence-corrected chi connectivity index (χ2v) is 5.08. The Morgan fingerprint density at radius 1 is 1.06 bits per heavy atom. The minimum Gasteiger partial charge on any atom is -0.303 e. The van der Waals surface area contributed by atoms with E-state index in [2.05, 4.69) is 17.0 Å². The van der Waals surface area contributed by atoms with Crippen molar-refractivity contribution < 1.29 is 4.79 Å². The quantitative estimate of drug-likeness (QED) is 0.705. The largest absolute Gasteiger partial charge is 0.303 e. The molecule has 0 radical (unpaired) electrons. The number of fused-ring (bicyclic) bond motifs is 3. The van der Waals surface area contributed by atoms with Crippen molar-refractivity contribution in [1.82, 2.24) is 4.90 Å². The molecular weight excluding hydrogens is 198 g/mol. The summed E-state index contributed by atoms with van der Waals surface area (Å²) in [5.41, 5.74) is 2.49. The second-order valence-electron chi connectivity index (χ2n) is 5.08. The van der Waals surface area contributed by atoms with Gasteiger partial charge in [0.15, 0.2) is 0 Å². The Bertz CT molecular complexity index is 391. The first-order valence-corrected chi connectivity index (χ1v) is 6.11. The molecule has 3 fully saturated rings. The number of piperidine rings is 3. The third-order valence-electron chi connectivity index (χ3n) is 4.38. The topological polar surface area (TPSA) is 20.3 Å². The molecule has 3 saturated heterocycles. The van der Waals surface area contributed by atoms with Gasteiger partial charge in [-0.1, -0.05) is 24.3 Å². The van der Waals surface area contributed by atoms with E-state index < -0.39 is 0 Å².